The lowest BCUT2D eigenvalue weighted by Gasteiger charge is -2.29. The van der Waals surface area contributed by atoms with E-state index in [1.807, 2.05) is 30.4 Å². The van der Waals surface area contributed by atoms with Crippen molar-refractivity contribution in [2.24, 2.45) is 0 Å². The number of ether oxygens (including phenoxy) is 3. The molecule has 0 fully saturated rings. The molecule has 0 unspecified atom stereocenters. The molecule has 0 aromatic heterocycles. The zero-order valence-electron chi connectivity index (χ0n) is 13.1. The third-order valence-electron chi connectivity index (χ3n) is 3.68. The van der Waals surface area contributed by atoms with Gasteiger partial charge in [-0.25, -0.2) is 0 Å². The second-order valence-corrected chi connectivity index (χ2v) is 5.29. The van der Waals surface area contributed by atoms with E-state index in [-0.39, 0.29) is 18.2 Å². The highest BCUT2D eigenvalue weighted by molar-refractivity contribution is 5.69. The number of hydrogen-bond acceptors (Lipinski definition) is 4. The maximum Gasteiger partial charge on any atom is 0.308 e. The lowest BCUT2D eigenvalue weighted by atomic mass is 9.93. The topological polar surface area (TPSA) is 44.8 Å². The van der Waals surface area contributed by atoms with E-state index in [1.54, 1.807) is 31.4 Å². The molecule has 0 saturated heterocycles. The molecule has 2 atom stereocenters. The molecule has 0 saturated carbocycles. The van der Waals surface area contributed by atoms with Gasteiger partial charge in [0, 0.05) is 14.0 Å². The Labute approximate surface area is 135 Å². The number of hydrogen-bond donors (Lipinski definition) is 0. The molecule has 0 N–H and O–H groups in total. The Bertz CT molecular complexity index is 718. The summed E-state index contributed by atoms with van der Waals surface area (Å²) in [5.41, 5.74) is 2.25. The number of carbonyl (C=O) groups is 1. The molecule has 0 radical (unpaired) electrons. The van der Waals surface area contributed by atoms with Crippen LogP contribution in [-0.2, 0) is 9.53 Å². The first-order valence-electron chi connectivity index (χ1n) is 7.42. The van der Waals surface area contributed by atoms with Crippen molar-refractivity contribution in [1.82, 2.24) is 0 Å². The van der Waals surface area contributed by atoms with Crippen LogP contribution >= 0.6 is 0 Å². The van der Waals surface area contributed by atoms with Crippen LogP contribution in [0.4, 0.5) is 0 Å². The van der Waals surface area contributed by atoms with E-state index in [0.29, 0.717) is 11.5 Å². The molecule has 1 aliphatic carbocycles. The Kier molecular flexibility index (Phi) is 4.44. The molecule has 0 aliphatic heterocycles. The maximum absolute atomic E-state index is 10.9. The van der Waals surface area contributed by atoms with Gasteiger partial charge in [0.25, 0.3) is 0 Å². The molecule has 3 rings (SSSR count). The molecule has 118 valence electrons. The summed E-state index contributed by atoms with van der Waals surface area (Å²) in [5.74, 6) is 0.847. The van der Waals surface area contributed by atoms with E-state index < -0.39 is 0 Å². The summed E-state index contributed by atoms with van der Waals surface area (Å²) in [7, 11) is 1.68. The predicted molar refractivity (Wildman–Crippen MR) is 87.4 cm³/mol. The minimum absolute atomic E-state index is 0.163. The average Bonchev–Trinajstić information content (AvgIpc) is 2.56. The van der Waals surface area contributed by atoms with Crippen LogP contribution in [0.3, 0.4) is 0 Å². The number of fused-ring (bicyclic) bond motifs is 1. The van der Waals surface area contributed by atoms with E-state index in [4.69, 9.17) is 14.2 Å². The molecule has 2 aromatic rings. The van der Waals surface area contributed by atoms with Crippen molar-refractivity contribution in [3.05, 3.63) is 65.7 Å². The lowest BCUT2D eigenvalue weighted by molar-refractivity contribution is -0.131. The first-order valence-corrected chi connectivity index (χ1v) is 7.42. The van der Waals surface area contributed by atoms with Crippen molar-refractivity contribution in [2.45, 2.75) is 19.1 Å². The summed E-state index contributed by atoms with van der Waals surface area (Å²) in [5, 5.41) is 0. The zero-order chi connectivity index (χ0) is 16.2. The number of rotatable bonds is 4. The Morgan fingerprint density at radius 3 is 2.39 bits per heavy atom. The van der Waals surface area contributed by atoms with Gasteiger partial charge in [0.15, 0.2) is 0 Å². The predicted octanol–water partition coefficient (Wildman–Crippen LogP) is 3.77. The minimum atomic E-state index is -0.343. The highest BCUT2D eigenvalue weighted by atomic mass is 16.5. The smallest absolute Gasteiger partial charge is 0.308 e. The molecule has 0 spiro atoms. The largest absolute Gasteiger partial charge is 0.483 e. The van der Waals surface area contributed by atoms with Crippen LogP contribution in [0.5, 0.6) is 11.5 Å². The van der Waals surface area contributed by atoms with Gasteiger partial charge < -0.3 is 14.2 Å². The van der Waals surface area contributed by atoms with Gasteiger partial charge in [-0.1, -0.05) is 30.3 Å². The van der Waals surface area contributed by atoms with Crippen molar-refractivity contribution in [1.29, 1.82) is 0 Å². The van der Waals surface area contributed by atoms with Gasteiger partial charge in [0.05, 0.1) is 0 Å². The van der Waals surface area contributed by atoms with Crippen LogP contribution in [-0.4, -0.2) is 19.2 Å². The molecule has 4 nitrogen and oxygen atoms in total. The summed E-state index contributed by atoms with van der Waals surface area (Å²) >= 11 is 0. The van der Waals surface area contributed by atoms with Gasteiger partial charge in [0.2, 0.25) is 0 Å². The second-order valence-electron chi connectivity index (χ2n) is 5.29. The van der Waals surface area contributed by atoms with Gasteiger partial charge >= 0.3 is 5.97 Å². The molecule has 2 aromatic carbocycles. The normalized spacial score (nSPS) is 19.0. The van der Waals surface area contributed by atoms with Crippen molar-refractivity contribution in [2.75, 3.05) is 7.11 Å². The summed E-state index contributed by atoms with van der Waals surface area (Å²) in [6, 6.07) is 15.1. The molecular formula is C19H18O4. The molecule has 0 bridgehead atoms. The zero-order valence-corrected chi connectivity index (χ0v) is 13.1. The quantitative estimate of drug-likeness (QED) is 0.637. The third-order valence-corrected chi connectivity index (χ3v) is 3.68. The summed E-state index contributed by atoms with van der Waals surface area (Å²) < 4.78 is 16.7. The molecular weight excluding hydrogens is 292 g/mol. The van der Waals surface area contributed by atoms with Crippen LogP contribution in [0, 0.1) is 0 Å². The van der Waals surface area contributed by atoms with E-state index in [1.165, 1.54) is 6.92 Å². The lowest BCUT2D eigenvalue weighted by Crippen LogP contribution is -2.27. The van der Waals surface area contributed by atoms with E-state index in [2.05, 4.69) is 6.07 Å². The van der Waals surface area contributed by atoms with Crippen LogP contribution in [0.1, 0.15) is 24.2 Å². The monoisotopic (exact) mass is 310 g/mol. The van der Waals surface area contributed by atoms with Crippen LogP contribution in [0.15, 0.2) is 54.6 Å². The Morgan fingerprint density at radius 1 is 1.00 bits per heavy atom. The van der Waals surface area contributed by atoms with Gasteiger partial charge in [-0.15, -0.1) is 0 Å². The van der Waals surface area contributed by atoms with Crippen molar-refractivity contribution in [3.8, 4) is 11.5 Å². The highest BCUT2D eigenvalue weighted by Crippen LogP contribution is 2.33. The SMILES string of the molecule is CO[C@H]1c2ccccc2C=C[C@@H]1Oc1ccc(OC(C)=O)cc1. The van der Waals surface area contributed by atoms with E-state index >= 15 is 0 Å². The Balaban J connectivity index is 1.76. The van der Waals surface area contributed by atoms with E-state index in [9.17, 15) is 4.79 Å². The van der Waals surface area contributed by atoms with Crippen LogP contribution in [0.25, 0.3) is 6.08 Å². The number of esters is 1. The number of benzene rings is 2. The fourth-order valence-electron chi connectivity index (χ4n) is 2.67. The van der Waals surface area contributed by atoms with Gasteiger partial charge in [0.1, 0.15) is 23.7 Å². The molecule has 23 heavy (non-hydrogen) atoms. The molecule has 0 heterocycles. The molecule has 4 heteroatoms. The number of carbonyl (C=O) groups excluding carboxylic acids is 1. The standard InChI is InChI=1S/C19H18O4/c1-13(20)22-15-8-10-16(11-9-15)23-18-12-7-14-5-3-4-6-17(14)19(18)21-2/h3-12,18-19H,1-2H3/t18-,19-/m0/s1. The van der Waals surface area contributed by atoms with Crippen molar-refractivity contribution >= 4 is 12.0 Å². The highest BCUT2D eigenvalue weighted by Gasteiger charge is 2.27. The van der Waals surface area contributed by atoms with Crippen LogP contribution in [0.2, 0.25) is 0 Å². The van der Waals surface area contributed by atoms with Crippen molar-refractivity contribution in [3.63, 3.8) is 0 Å². The second kappa shape index (κ2) is 6.67. The number of methoxy groups -OCH3 is 1. The fourth-order valence-corrected chi connectivity index (χ4v) is 2.67. The molecule has 1 aliphatic rings. The summed E-state index contributed by atoms with van der Waals surface area (Å²) in [6.45, 7) is 1.37. The first kappa shape index (κ1) is 15.3. The maximum atomic E-state index is 10.9. The Hall–Kier alpha value is -2.59. The summed E-state index contributed by atoms with van der Waals surface area (Å²) in [6.07, 6.45) is 3.66. The van der Waals surface area contributed by atoms with Crippen molar-refractivity contribution < 1.29 is 19.0 Å². The van der Waals surface area contributed by atoms with Crippen LogP contribution < -0.4 is 9.47 Å². The fraction of sp³-hybridized carbons (Fsp3) is 0.211. The first-order chi connectivity index (χ1) is 11.2. The summed E-state index contributed by atoms with van der Waals surface area (Å²) in [4.78, 5) is 10.9. The Morgan fingerprint density at radius 2 is 1.70 bits per heavy atom. The van der Waals surface area contributed by atoms with Gasteiger partial charge in [-0.05, 0) is 41.5 Å². The van der Waals surface area contributed by atoms with Gasteiger partial charge in [-0.2, -0.15) is 0 Å². The average molecular weight is 310 g/mol. The minimum Gasteiger partial charge on any atom is -0.483 e. The third kappa shape index (κ3) is 3.43. The molecule has 0 amide bonds. The van der Waals surface area contributed by atoms with E-state index in [0.717, 1.165) is 11.1 Å². The van der Waals surface area contributed by atoms with Gasteiger partial charge in [-0.3, -0.25) is 4.79 Å².